The monoisotopic (exact) mass is 261 g/mol. The molecule has 7 nitrogen and oxygen atoms in total. The largest absolute Gasteiger partial charge is 0.394 e. The lowest BCUT2D eigenvalue weighted by Crippen LogP contribution is -2.58. The van der Waals surface area contributed by atoms with E-state index in [1.807, 2.05) is 0 Å². The van der Waals surface area contributed by atoms with E-state index in [1.165, 1.54) is 6.92 Å². The number of amides is 1. The van der Waals surface area contributed by atoms with E-state index in [1.54, 1.807) is 6.92 Å². The van der Waals surface area contributed by atoms with Gasteiger partial charge in [0.1, 0.15) is 18.3 Å². The number of rotatable bonds is 3. The SMILES string of the molecule is CC(=O)N[C@H]1C2O[C@@](C)(C[C@H]1O)O[C@H]2[C@H](O)CO. The van der Waals surface area contributed by atoms with Crippen LogP contribution in [0.2, 0.25) is 0 Å². The van der Waals surface area contributed by atoms with Gasteiger partial charge in [0.25, 0.3) is 0 Å². The van der Waals surface area contributed by atoms with Gasteiger partial charge in [-0.3, -0.25) is 4.79 Å². The molecule has 6 atom stereocenters. The molecule has 2 aliphatic heterocycles. The number of aliphatic hydroxyl groups excluding tert-OH is 3. The summed E-state index contributed by atoms with van der Waals surface area (Å²) in [6.07, 6.45) is -3.17. The summed E-state index contributed by atoms with van der Waals surface area (Å²) in [5.74, 6) is -1.28. The molecule has 0 spiro atoms. The Labute approximate surface area is 105 Å². The Morgan fingerprint density at radius 1 is 1.56 bits per heavy atom. The van der Waals surface area contributed by atoms with E-state index in [9.17, 15) is 15.0 Å². The molecule has 2 heterocycles. The lowest BCUT2D eigenvalue weighted by atomic mass is 9.92. The number of fused-ring (bicyclic) bond motifs is 2. The molecule has 104 valence electrons. The van der Waals surface area contributed by atoms with Gasteiger partial charge in [-0.2, -0.15) is 0 Å². The van der Waals surface area contributed by atoms with Crippen molar-refractivity contribution in [2.45, 2.75) is 56.5 Å². The van der Waals surface area contributed by atoms with E-state index in [2.05, 4.69) is 5.32 Å². The highest BCUT2D eigenvalue weighted by atomic mass is 16.8. The number of nitrogens with one attached hydrogen (secondary N) is 1. The van der Waals surface area contributed by atoms with Crippen LogP contribution in [0.5, 0.6) is 0 Å². The van der Waals surface area contributed by atoms with Gasteiger partial charge in [0.05, 0.1) is 18.8 Å². The Balaban J connectivity index is 2.20. The highest BCUT2D eigenvalue weighted by molar-refractivity contribution is 5.73. The van der Waals surface area contributed by atoms with Crippen LogP contribution in [0.25, 0.3) is 0 Å². The molecule has 0 aromatic carbocycles. The third kappa shape index (κ3) is 2.36. The quantitative estimate of drug-likeness (QED) is 0.473. The molecule has 1 unspecified atom stereocenters. The molecular formula is C11H19NO6. The van der Waals surface area contributed by atoms with Crippen molar-refractivity contribution in [3.8, 4) is 0 Å². The van der Waals surface area contributed by atoms with Crippen LogP contribution in [0.3, 0.4) is 0 Å². The van der Waals surface area contributed by atoms with Crippen LogP contribution in [0.1, 0.15) is 20.3 Å². The second-order valence-corrected chi connectivity index (χ2v) is 5.05. The first-order valence-corrected chi connectivity index (χ1v) is 5.96. The Morgan fingerprint density at radius 2 is 2.22 bits per heavy atom. The van der Waals surface area contributed by atoms with Gasteiger partial charge in [-0.15, -0.1) is 0 Å². The first-order valence-electron chi connectivity index (χ1n) is 5.96. The lowest BCUT2D eigenvalue weighted by Gasteiger charge is -2.37. The van der Waals surface area contributed by atoms with Gasteiger partial charge in [-0.1, -0.05) is 0 Å². The van der Waals surface area contributed by atoms with Crippen molar-refractivity contribution >= 4 is 5.91 Å². The molecule has 0 aromatic rings. The maximum Gasteiger partial charge on any atom is 0.217 e. The molecule has 4 N–H and O–H groups in total. The Morgan fingerprint density at radius 3 is 2.78 bits per heavy atom. The van der Waals surface area contributed by atoms with E-state index in [4.69, 9.17) is 14.6 Å². The molecule has 2 rings (SSSR count). The smallest absolute Gasteiger partial charge is 0.217 e. The predicted octanol–water partition coefficient (Wildman–Crippen LogP) is -1.89. The number of carbonyl (C=O) groups excluding carboxylic acids is 1. The highest BCUT2D eigenvalue weighted by Gasteiger charge is 2.57. The molecule has 2 fully saturated rings. The van der Waals surface area contributed by atoms with Crippen molar-refractivity contribution in [1.82, 2.24) is 5.32 Å². The highest BCUT2D eigenvalue weighted by Crippen LogP contribution is 2.41. The van der Waals surface area contributed by atoms with Crippen molar-refractivity contribution < 1.29 is 29.6 Å². The van der Waals surface area contributed by atoms with Crippen LogP contribution < -0.4 is 5.32 Å². The number of carbonyl (C=O) groups is 1. The number of aliphatic hydroxyl groups is 3. The Kier molecular flexibility index (Phi) is 3.61. The molecule has 0 radical (unpaired) electrons. The van der Waals surface area contributed by atoms with E-state index < -0.39 is 42.9 Å². The molecule has 2 aliphatic rings. The van der Waals surface area contributed by atoms with E-state index >= 15 is 0 Å². The second-order valence-electron chi connectivity index (χ2n) is 5.05. The van der Waals surface area contributed by atoms with E-state index in [-0.39, 0.29) is 12.3 Å². The fourth-order valence-corrected chi connectivity index (χ4v) is 2.65. The van der Waals surface area contributed by atoms with Crippen molar-refractivity contribution in [3.63, 3.8) is 0 Å². The summed E-state index contributed by atoms with van der Waals surface area (Å²) in [4.78, 5) is 11.1. The molecule has 1 amide bonds. The topological polar surface area (TPSA) is 108 Å². The second kappa shape index (κ2) is 4.75. The summed E-state index contributed by atoms with van der Waals surface area (Å²) in [5, 5.41) is 31.3. The normalized spacial score (nSPS) is 44.7. The van der Waals surface area contributed by atoms with Crippen LogP contribution in [-0.2, 0) is 14.3 Å². The van der Waals surface area contributed by atoms with E-state index in [0.717, 1.165) is 0 Å². The molecule has 2 saturated heterocycles. The first kappa shape index (κ1) is 13.7. The maximum absolute atomic E-state index is 11.1. The third-order valence-corrected chi connectivity index (χ3v) is 3.38. The molecule has 0 aromatic heterocycles. The van der Waals surface area contributed by atoms with Crippen LogP contribution >= 0.6 is 0 Å². The fourth-order valence-electron chi connectivity index (χ4n) is 2.65. The van der Waals surface area contributed by atoms with Crippen molar-refractivity contribution in [3.05, 3.63) is 0 Å². The Hall–Kier alpha value is -0.730. The van der Waals surface area contributed by atoms with Crippen LogP contribution in [0.15, 0.2) is 0 Å². The van der Waals surface area contributed by atoms with Crippen LogP contribution in [-0.4, -0.2) is 64.1 Å². The molecular weight excluding hydrogens is 242 g/mol. The van der Waals surface area contributed by atoms with Crippen molar-refractivity contribution in [2.24, 2.45) is 0 Å². The summed E-state index contributed by atoms with van der Waals surface area (Å²) in [6.45, 7) is 2.54. The van der Waals surface area contributed by atoms with Crippen LogP contribution in [0.4, 0.5) is 0 Å². The van der Waals surface area contributed by atoms with Gasteiger partial charge < -0.3 is 30.1 Å². The number of hydrogen-bond donors (Lipinski definition) is 4. The van der Waals surface area contributed by atoms with Crippen LogP contribution in [0, 0.1) is 0 Å². The first-order chi connectivity index (χ1) is 8.36. The minimum atomic E-state index is -1.11. The van der Waals surface area contributed by atoms with E-state index in [0.29, 0.717) is 0 Å². The fraction of sp³-hybridized carbons (Fsp3) is 0.909. The Bertz CT molecular complexity index is 337. The molecule has 0 aliphatic carbocycles. The zero-order valence-corrected chi connectivity index (χ0v) is 10.4. The minimum absolute atomic E-state index is 0.198. The standard InChI is InChI=1S/C11H19NO6/c1-5(14)12-8-6(15)3-11(2)17-9(7(16)4-13)10(8)18-11/h6-10,13,15-16H,3-4H2,1-2H3,(H,12,14)/t6-,7-,8-,9+,10?,11+/m1/s1. The zero-order chi connectivity index (χ0) is 13.5. The molecule has 7 heteroatoms. The minimum Gasteiger partial charge on any atom is -0.394 e. The van der Waals surface area contributed by atoms with Gasteiger partial charge in [0.15, 0.2) is 5.79 Å². The van der Waals surface area contributed by atoms with Crippen molar-refractivity contribution in [1.29, 1.82) is 0 Å². The third-order valence-electron chi connectivity index (χ3n) is 3.38. The average molecular weight is 261 g/mol. The molecule has 0 saturated carbocycles. The van der Waals surface area contributed by atoms with Gasteiger partial charge in [0.2, 0.25) is 5.91 Å². The summed E-state index contributed by atoms with van der Waals surface area (Å²) >= 11 is 0. The number of ether oxygens (including phenoxy) is 2. The summed E-state index contributed by atoms with van der Waals surface area (Å²) in [6, 6.07) is -0.649. The average Bonchev–Trinajstić information content (AvgIpc) is 2.57. The summed E-state index contributed by atoms with van der Waals surface area (Å²) in [7, 11) is 0. The predicted molar refractivity (Wildman–Crippen MR) is 59.5 cm³/mol. The van der Waals surface area contributed by atoms with Gasteiger partial charge in [0, 0.05) is 13.3 Å². The molecule has 2 bridgehead atoms. The van der Waals surface area contributed by atoms with Gasteiger partial charge in [-0.25, -0.2) is 0 Å². The summed E-state index contributed by atoms with van der Waals surface area (Å²) < 4.78 is 11.2. The maximum atomic E-state index is 11.1. The number of hydrogen-bond acceptors (Lipinski definition) is 6. The molecule has 18 heavy (non-hydrogen) atoms. The summed E-state index contributed by atoms with van der Waals surface area (Å²) in [5.41, 5.74) is 0. The van der Waals surface area contributed by atoms with Gasteiger partial charge >= 0.3 is 0 Å². The lowest BCUT2D eigenvalue weighted by molar-refractivity contribution is -0.210. The zero-order valence-electron chi connectivity index (χ0n) is 10.4. The van der Waals surface area contributed by atoms with Gasteiger partial charge in [-0.05, 0) is 6.92 Å². The van der Waals surface area contributed by atoms with Crippen molar-refractivity contribution in [2.75, 3.05) is 6.61 Å².